The summed E-state index contributed by atoms with van der Waals surface area (Å²) in [6.07, 6.45) is 3.63. The molecule has 2 amide bonds. The molecule has 4 rings (SSSR count). The minimum atomic E-state index is -0.678. The van der Waals surface area contributed by atoms with Crippen molar-refractivity contribution in [2.24, 2.45) is 0 Å². The largest absolute Gasteiger partial charge is 0.389 e. The maximum Gasteiger partial charge on any atom is 0.254 e. The third-order valence-corrected chi connectivity index (χ3v) is 6.52. The molecule has 2 heterocycles. The number of fused-ring (bicyclic) bond motifs is 1. The Morgan fingerprint density at radius 1 is 1.33 bits per heavy atom. The molecule has 2 N–H and O–H groups in total. The van der Waals surface area contributed by atoms with Gasteiger partial charge in [0.2, 0.25) is 5.91 Å². The molecule has 2 fully saturated rings. The first-order chi connectivity index (χ1) is 14.4. The summed E-state index contributed by atoms with van der Waals surface area (Å²) in [5.74, 6) is -0.119. The molecule has 1 aromatic carbocycles. The van der Waals surface area contributed by atoms with E-state index in [9.17, 15) is 14.7 Å². The van der Waals surface area contributed by atoms with E-state index in [1.807, 2.05) is 18.2 Å². The Labute approximate surface area is 176 Å². The molecule has 2 aromatic rings. The van der Waals surface area contributed by atoms with Crippen LogP contribution in [0.1, 0.15) is 49.5 Å². The summed E-state index contributed by atoms with van der Waals surface area (Å²) < 4.78 is 2.08. The monoisotopic (exact) mass is 413 g/mol. The van der Waals surface area contributed by atoms with Gasteiger partial charge in [0.15, 0.2) is 0 Å². The highest BCUT2D eigenvalue weighted by Gasteiger charge is 2.40. The van der Waals surface area contributed by atoms with Crippen molar-refractivity contribution in [1.82, 2.24) is 24.7 Å². The Kier molecular flexibility index (Phi) is 5.79. The number of aromatic nitrogens is 2. The van der Waals surface area contributed by atoms with Gasteiger partial charge in [0.1, 0.15) is 0 Å². The molecule has 1 saturated heterocycles. The minimum Gasteiger partial charge on any atom is -0.389 e. The van der Waals surface area contributed by atoms with Crippen molar-refractivity contribution >= 4 is 22.8 Å². The van der Waals surface area contributed by atoms with Gasteiger partial charge in [-0.25, -0.2) is 4.98 Å². The maximum atomic E-state index is 13.2. The van der Waals surface area contributed by atoms with Crippen LogP contribution in [-0.4, -0.2) is 81.1 Å². The lowest BCUT2D eigenvalue weighted by molar-refractivity contribution is -0.127. The van der Waals surface area contributed by atoms with Gasteiger partial charge in [-0.15, -0.1) is 0 Å². The van der Waals surface area contributed by atoms with E-state index in [-0.39, 0.29) is 23.9 Å². The van der Waals surface area contributed by atoms with E-state index in [0.717, 1.165) is 36.8 Å². The number of carbonyl (C=O) groups excluding carboxylic acids is 2. The fraction of sp³-hybridized carbons (Fsp3) is 0.591. The van der Waals surface area contributed by atoms with Crippen LogP contribution in [0.2, 0.25) is 0 Å². The Morgan fingerprint density at radius 2 is 2.13 bits per heavy atom. The van der Waals surface area contributed by atoms with Crippen LogP contribution in [0, 0.1) is 0 Å². The molecule has 8 nitrogen and oxygen atoms in total. The lowest BCUT2D eigenvalue weighted by Crippen LogP contribution is -2.61. The SMILES string of the molecule is CC(C)n1cnc2cc(C(=O)N(C)[C@@H]3CCC[C@@H](N4CCNC(=O)C4)[C@@H]3O)ccc21. The van der Waals surface area contributed by atoms with E-state index in [2.05, 4.69) is 33.6 Å². The van der Waals surface area contributed by atoms with Gasteiger partial charge in [-0.1, -0.05) is 0 Å². The molecule has 0 bridgehead atoms. The van der Waals surface area contributed by atoms with Gasteiger partial charge in [0.05, 0.1) is 36.1 Å². The lowest BCUT2D eigenvalue weighted by Gasteiger charge is -2.45. The van der Waals surface area contributed by atoms with Gasteiger partial charge < -0.3 is 19.9 Å². The van der Waals surface area contributed by atoms with Crippen LogP contribution in [0.3, 0.4) is 0 Å². The molecule has 8 heteroatoms. The molecular weight excluding hydrogens is 382 g/mol. The summed E-state index contributed by atoms with van der Waals surface area (Å²) in [6.45, 7) is 5.83. The lowest BCUT2D eigenvalue weighted by atomic mass is 9.85. The Morgan fingerprint density at radius 3 is 2.87 bits per heavy atom. The van der Waals surface area contributed by atoms with E-state index < -0.39 is 6.10 Å². The van der Waals surface area contributed by atoms with E-state index >= 15 is 0 Å². The van der Waals surface area contributed by atoms with E-state index in [1.54, 1.807) is 18.3 Å². The number of benzene rings is 1. The summed E-state index contributed by atoms with van der Waals surface area (Å²) in [6, 6.07) is 5.53. The first-order valence-corrected chi connectivity index (χ1v) is 10.8. The fourth-order valence-electron chi connectivity index (χ4n) is 4.83. The first-order valence-electron chi connectivity index (χ1n) is 10.8. The van der Waals surface area contributed by atoms with Crippen LogP contribution in [0.5, 0.6) is 0 Å². The normalized spacial score (nSPS) is 25.5. The number of nitrogens with zero attached hydrogens (tertiary/aromatic N) is 4. The maximum absolute atomic E-state index is 13.2. The number of hydrogen-bond donors (Lipinski definition) is 2. The molecule has 1 aromatic heterocycles. The second kappa shape index (κ2) is 8.35. The number of carbonyl (C=O) groups is 2. The topological polar surface area (TPSA) is 90.7 Å². The van der Waals surface area contributed by atoms with Crippen molar-refractivity contribution in [3.8, 4) is 0 Å². The van der Waals surface area contributed by atoms with Crippen molar-refractivity contribution in [2.45, 2.75) is 57.3 Å². The molecule has 162 valence electrons. The number of amides is 2. The zero-order chi connectivity index (χ0) is 21.4. The highest BCUT2D eigenvalue weighted by atomic mass is 16.3. The van der Waals surface area contributed by atoms with Gasteiger partial charge >= 0.3 is 0 Å². The number of likely N-dealkylation sites (N-methyl/N-ethyl adjacent to an activating group) is 1. The van der Waals surface area contributed by atoms with Gasteiger partial charge in [-0.2, -0.15) is 0 Å². The zero-order valence-electron chi connectivity index (χ0n) is 17.9. The summed E-state index contributed by atoms with van der Waals surface area (Å²) in [7, 11) is 1.76. The molecule has 0 radical (unpaired) electrons. The van der Waals surface area contributed by atoms with Crippen LogP contribution in [0.25, 0.3) is 11.0 Å². The van der Waals surface area contributed by atoms with E-state index in [1.165, 1.54) is 0 Å². The number of piperazine rings is 1. The number of aliphatic hydroxyl groups excluding tert-OH is 1. The fourth-order valence-corrected chi connectivity index (χ4v) is 4.83. The number of aliphatic hydroxyl groups is 1. The predicted molar refractivity (Wildman–Crippen MR) is 114 cm³/mol. The average Bonchev–Trinajstić information content (AvgIpc) is 3.16. The van der Waals surface area contributed by atoms with Crippen molar-refractivity contribution in [2.75, 3.05) is 26.7 Å². The van der Waals surface area contributed by atoms with Gasteiger partial charge in [-0.3, -0.25) is 14.5 Å². The molecule has 0 spiro atoms. The van der Waals surface area contributed by atoms with Gasteiger partial charge in [0.25, 0.3) is 5.91 Å². The van der Waals surface area contributed by atoms with Gasteiger partial charge in [-0.05, 0) is 51.3 Å². The quantitative estimate of drug-likeness (QED) is 0.791. The number of nitrogens with one attached hydrogen (secondary N) is 1. The van der Waals surface area contributed by atoms with E-state index in [4.69, 9.17) is 0 Å². The highest BCUT2D eigenvalue weighted by molar-refractivity contribution is 5.97. The minimum absolute atomic E-state index is 0.00542. The second-order valence-corrected chi connectivity index (χ2v) is 8.74. The molecular formula is C22H31N5O3. The predicted octanol–water partition coefficient (Wildman–Crippen LogP) is 1.40. The summed E-state index contributed by atoms with van der Waals surface area (Å²) in [5, 5.41) is 13.9. The molecule has 3 atom stereocenters. The number of hydrogen-bond acceptors (Lipinski definition) is 5. The first kappa shape index (κ1) is 20.8. The number of imidazole rings is 1. The molecule has 0 unspecified atom stereocenters. The average molecular weight is 414 g/mol. The Balaban J connectivity index is 1.51. The third kappa shape index (κ3) is 3.81. The van der Waals surface area contributed by atoms with Crippen LogP contribution in [0.15, 0.2) is 24.5 Å². The molecule has 1 aliphatic heterocycles. The Hall–Kier alpha value is -2.45. The summed E-state index contributed by atoms with van der Waals surface area (Å²) in [5.41, 5.74) is 2.38. The van der Waals surface area contributed by atoms with Crippen LogP contribution < -0.4 is 5.32 Å². The molecule has 1 aliphatic carbocycles. The summed E-state index contributed by atoms with van der Waals surface area (Å²) in [4.78, 5) is 33.2. The second-order valence-electron chi connectivity index (χ2n) is 8.74. The van der Waals surface area contributed by atoms with E-state index in [0.29, 0.717) is 24.7 Å². The van der Waals surface area contributed by atoms with Crippen LogP contribution in [-0.2, 0) is 4.79 Å². The molecule has 2 aliphatic rings. The molecule has 30 heavy (non-hydrogen) atoms. The number of rotatable bonds is 4. The standard InChI is InChI=1S/C22H31N5O3/c1-14(2)27-13-24-16-11-15(7-8-17(16)27)22(30)25(3)18-5-4-6-19(21(18)29)26-10-9-23-20(28)12-26/h7-8,11,13-14,18-19,21,29H,4-6,9-10,12H2,1-3H3,(H,23,28)/t18-,19-,21-/m1/s1. The van der Waals surface area contributed by atoms with Crippen LogP contribution >= 0.6 is 0 Å². The molecule has 1 saturated carbocycles. The summed E-state index contributed by atoms with van der Waals surface area (Å²) >= 11 is 0. The third-order valence-electron chi connectivity index (χ3n) is 6.52. The zero-order valence-corrected chi connectivity index (χ0v) is 17.9. The smallest absolute Gasteiger partial charge is 0.254 e. The van der Waals surface area contributed by atoms with Crippen LogP contribution in [0.4, 0.5) is 0 Å². The van der Waals surface area contributed by atoms with Crippen molar-refractivity contribution < 1.29 is 14.7 Å². The van der Waals surface area contributed by atoms with Crippen molar-refractivity contribution in [3.63, 3.8) is 0 Å². The highest BCUT2D eigenvalue weighted by Crippen LogP contribution is 2.28. The Bertz CT molecular complexity index is 940. The van der Waals surface area contributed by atoms with Crippen molar-refractivity contribution in [3.05, 3.63) is 30.1 Å². The van der Waals surface area contributed by atoms with Gasteiger partial charge in [0, 0.05) is 37.8 Å². The van der Waals surface area contributed by atoms with Crippen molar-refractivity contribution in [1.29, 1.82) is 0 Å².